The number of carbonyl (C=O) groups excluding carboxylic acids is 1. The van der Waals surface area contributed by atoms with E-state index < -0.39 is 10.0 Å². The molecule has 0 radical (unpaired) electrons. The second kappa shape index (κ2) is 7.94. The van der Waals surface area contributed by atoms with E-state index in [-0.39, 0.29) is 10.1 Å². The van der Waals surface area contributed by atoms with E-state index in [0.29, 0.717) is 12.2 Å². The van der Waals surface area contributed by atoms with Gasteiger partial charge in [0.1, 0.15) is 9.22 Å². The Kier molecular flexibility index (Phi) is 5.35. The maximum absolute atomic E-state index is 12.6. The quantitative estimate of drug-likeness (QED) is 0.460. The first kappa shape index (κ1) is 19.6. The molecule has 2 aromatic heterocycles. The first-order chi connectivity index (χ1) is 13.9. The minimum atomic E-state index is -3.69. The molecule has 0 saturated carbocycles. The van der Waals surface area contributed by atoms with Crippen molar-refractivity contribution in [2.75, 3.05) is 4.72 Å². The first-order valence-electron chi connectivity index (χ1n) is 8.73. The molecule has 4 aromatic rings. The number of rotatable bonds is 6. The van der Waals surface area contributed by atoms with Gasteiger partial charge < -0.3 is 5.32 Å². The van der Waals surface area contributed by atoms with Gasteiger partial charge >= 0.3 is 0 Å². The predicted molar refractivity (Wildman–Crippen MR) is 118 cm³/mol. The molecule has 4 rings (SSSR count). The number of nitrogens with zero attached hydrogens (tertiary/aromatic N) is 1. The van der Waals surface area contributed by atoms with E-state index in [1.165, 1.54) is 6.92 Å². The second-order valence-electron chi connectivity index (χ2n) is 6.30. The lowest BCUT2D eigenvalue weighted by molar-refractivity contribution is -0.119. The Balaban J connectivity index is 1.49. The van der Waals surface area contributed by atoms with Crippen LogP contribution in [-0.4, -0.2) is 19.3 Å². The predicted octanol–water partition coefficient (Wildman–Crippen LogP) is 4.46. The summed E-state index contributed by atoms with van der Waals surface area (Å²) in [6.45, 7) is 1.73. The molecule has 0 spiro atoms. The van der Waals surface area contributed by atoms with Crippen molar-refractivity contribution < 1.29 is 13.2 Å². The minimum absolute atomic E-state index is 0.158. The highest BCUT2D eigenvalue weighted by Crippen LogP contribution is 2.31. The summed E-state index contributed by atoms with van der Waals surface area (Å²) < 4.78 is 29.2. The molecule has 29 heavy (non-hydrogen) atoms. The highest BCUT2D eigenvalue weighted by atomic mass is 32.2. The molecule has 0 atom stereocenters. The van der Waals surface area contributed by atoms with Gasteiger partial charge in [-0.3, -0.25) is 9.52 Å². The van der Waals surface area contributed by atoms with Gasteiger partial charge in [0.15, 0.2) is 0 Å². The maximum atomic E-state index is 12.6. The standard InChI is InChI=1S/C20H17N3O3S3/c1-13(24)21-12-16-10-11-19(27-16)29(25,26)23-15-8-6-14(7-9-15)20-22-17-4-2-3-5-18(17)28-20/h2-11,23H,12H2,1H3,(H,21,24). The van der Waals surface area contributed by atoms with E-state index >= 15 is 0 Å². The Morgan fingerprint density at radius 2 is 1.76 bits per heavy atom. The number of thiophene rings is 1. The number of carbonyl (C=O) groups is 1. The number of amides is 1. The number of para-hydroxylation sites is 1. The fourth-order valence-corrected chi connectivity index (χ4v) is 6.02. The van der Waals surface area contributed by atoms with Gasteiger partial charge in [0, 0.05) is 23.1 Å². The van der Waals surface area contributed by atoms with Crippen LogP contribution in [0.4, 0.5) is 5.69 Å². The molecule has 6 nitrogen and oxygen atoms in total. The highest BCUT2D eigenvalue weighted by molar-refractivity contribution is 7.94. The zero-order valence-corrected chi connectivity index (χ0v) is 17.8. The van der Waals surface area contributed by atoms with Gasteiger partial charge in [-0.05, 0) is 48.5 Å². The molecule has 1 amide bonds. The van der Waals surface area contributed by atoms with Crippen LogP contribution in [0.1, 0.15) is 11.8 Å². The van der Waals surface area contributed by atoms with Crippen molar-refractivity contribution in [2.24, 2.45) is 0 Å². The highest BCUT2D eigenvalue weighted by Gasteiger charge is 2.17. The fraction of sp³-hybridized carbons (Fsp3) is 0.100. The molecule has 0 aliphatic rings. The third-order valence-electron chi connectivity index (χ3n) is 4.09. The van der Waals surface area contributed by atoms with Crippen LogP contribution in [0, 0.1) is 0 Å². The van der Waals surface area contributed by atoms with Crippen LogP contribution in [0.25, 0.3) is 20.8 Å². The molecule has 148 valence electrons. The maximum Gasteiger partial charge on any atom is 0.271 e. The fourth-order valence-electron chi connectivity index (χ4n) is 2.69. The van der Waals surface area contributed by atoms with Crippen molar-refractivity contribution in [2.45, 2.75) is 17.7 Å². The monoisotopic (exact) mass is 443 g/mol. The van der Waals surface area contributed by atoms with Crippen LogP contribution in [0.2, 0.25) is 0 Å². The Labute approximate surface area is 176 Å². The molecule has 2 heterocycles. The molecule has 0 saturated heterocycles. The summed E-state index contributed by atoms with van der Waals surface area (Å²) in [6, 6.07) is 18.3. The van der Waals surface area contributed by atoms with E-state index in [1.54, 1.807) is 35.6 Å². The Bertz CT molecular complexity index is 1240. The van der Waals surface area contributed by atoms with Crippen molar-refractivity contribution in [1.82, 2.24) is 10.3 Å². The molecule has 0 bridgehead atoms. The summed E-state index contributed by atoms with van der Waals surface area (Å²) in [5.41, 5.74) is 2.36. The molecular weight excluding hydrogens is 426 g/mol. The first-order valence-corrected chi connectivity index (χ1v) is 11.8. The van der Waals surface area contributed by atoms with E-state index in [1.807, 2.05) is 36.4 Å². The molecule has 0 unspecified atom stereocenters. The van der Waals surface area contributed by atoms with Crippen LogP contribution in [0.15, 0.2) is 64.9 Å². The molecule has 0 aliphatic carbocycles. The number of fused-ring (bicyclic) bond motifs is 1. The van der Waals surface area contributed by atoms with Crippen molar-refractivity contribution in [3.8, 4) is 10.6 Å². The Hall–Kier alpha value is -2.75. The third-order valence-corrected chi connectivity index (χ3v) is 8.14. The van der Waals surface area contributed by atoms with Crippen LogP contribution in [-0.2, 0) is 21.4 Å². The van der Waals surface area contributed by atoms with Gasteiger partial charge in [-0.2, -0.15) is 0 Å². The van der Waals surface area contributed by atoms with E-state index in [9.17, 15) is 13.2 Å². The summed E-state index contributed by atoms with van der Waals surface area (Å²) in [4.78, 5) is 16.4. The number of hydrogen-bond acceptors (Lipinski definition) is 6. The zero-order chi connectivity index (χ0) is 20.4. The van der Waals surface area contributed by atoms with Gasteiger partial charge in [0.2, 0.25) is 5.91 Å². The largest absolute Gasteiger partial charge is 0.351 e. The average Bonchev–Trinajstić information content (AvgIpc) is 3.34. The van der Waals surface area contributed by atoms with Crippen LogP contribution < -0.4 is 10.0 Å². The van der Waals surface area contributed by atoms with Crippen molar-refractivity contribution in [1.29, 1.82) is 0 Å². The van der Waals surface area contributed by atoms with Gasteiger partial charge in [-0.1, -0.05) is 12.1 Å². The summed E-state index contributed by atoms with van der Waals surface area (Å²) in [7, 11) is -3.69. The van der Waals surface area contributed by atoms with Crippen molar-refractivity contribution >= 4 is 54.5 Å². The van der Waals surface area contributed by atoms with Gasteiger partial charge in [0.25, 0.3) is 10.0 Å². The zero-order valence-electron chi connectivity index (χ0n) is 15.4. The summed E-state index contributed by atoms with van der Waals surface area (Å²) in [5.74, 6) is -0.158. The van der Waals surface area contributed by atoms with Gasteiger partial charge in [0.05, 0.1) is 16.8 Å². The Morgan fingerprint density at radius 3 is 2.48 bits per heavy atom. The molecule has 0 fully saturated rings. The smallest absolute Gasteiger partial charge is 0.271 e. The van der Waals surface area contributed by atoms with Crippen molar-refractivity contribution in [3.63, 3.8) is 0 Å². The number of aromatic nitrogens is 1. The summed E-state index contributed by atoms with van der Waals surface area (Å²) in [6.07, 6.45) is 0. The topological polar surface area (TPSA) is 88.2 Å². The van der Waals surface area contributed by atoms with E-state index in [4.69, 9.17) is 0 Å². The van der Waals surface area contributed by atoms with Crippen LogP contribution >= 0.6 is 22.7 Å². The number of thiazole rings is 1. The summed E-state index contributed by atoms with van der Waals surface area (Å²) >= 11 is 2.73. The van der Waals surface area contributed by atoms with E-state index in [0.717, 1.165) is 37.0 Å². The average molecular weight is 444 g/mol. The number of anilines is 1. The lowest BCUT2D eigenvalue weighted by atomic mass is 10.2. The number of sulfonamides is 1. The summed E-state index contributed by atoms with van der Waals surface area (Å²) in [5, 5.41) is 3.55. The lowest BCUT2D eigenvalue weighted by Gasteiger charge is -2.07. The molecule has 0 aliphatic heterocycles. The van der Waals surface area contributed by atoms with Gasteiger partial charge in [-0.15, -0.1) is 22.7 Å². The molecule has 9 heteroatoms. The van der Waals surface area contributed by atoms with E-state index in [2.05, 4.69) is 15.0 Å². The SMILES string of the molecule is CC(=O)NCc1ccc(S(=O)(=O)Nc2ccc(-c3nc4ccccc4s3)cc2)s1. The Morgan fingerprint density at radius 1 is 1.00 bits per heavy atom. The minimum Gasteiger partial charge on any atom is -0.351 e. The number of benzene rings is 2. The molecular formula is C20H17N3O3S3. The number of nitrogens with one attached hydrogen (secondary N) is 2. The normalized spacial score (nSPS) is 11.5. The number of hydrogen-bond donors (Lipinski definition) is 2. The third kappa shape index (κ3) is 4.47. The lowest BCUT2D eigenvalue weighted by Crippen LogP contribution is -2.18. The molecule has 2 aromatic carbocycles. The van der Waals surface area contributed by atoms with Crippen LogP contribution in [0.3, 0.4) is 0 Å². The van der Waals surface area contributed by atoms with Crippen LogP contribution in [0.5, 0.6) is 0 Å². The second-order valence-corrected chi connectivity index (χ2v) is 10.4. The molecule has 2 N–H and O–H groups in total. The van der Waals surface area contributed by atoms with Gasteiger partial charge in [-0.25, -0.2) is 13.4 Å². The van der Waals surface area contributed by atoms with Crippen molar-refractivity contribution in [3.05, 3.63) is 65.5 Å².